The third kappa shape index (κ3) is 5.13. The molecule has 0 spiro atoms. The molecule has 2 atom stereocenters. The summed E-state index contributed by atoms with van der Waals surface area (Å²) in [6, 6.07) is 19.3. The molecule has 1 heterocycles. The highest BCUT2D eigenvalue weighted by Gasteiger charge is 2.30. The maximum Gasteiger partial charge on any atom is 0.273 e. The summed E-state index contributed by atoms with van der Waals surface area (Å²) in [6.45, 7) is 2.26. The van der Waals surface area contributed by atoms with Crippen molar-refractivity contribution in [2.75, 3.05) is 13.2 Å². The van der Waals surface area contributed by atoms with Gasteiger partial charge in [0.15, 0.2) is 0 Å². The van der Waals surface area contributed by atoms with E-state index in [0.29, 0.717) is 25.3 Å². The van der Waals surface area contributed by atoms with Crippen LogP contribution in [0.25, 0.3) is 0 Å². The van der Waals surface area contributed by atoms with E-state index in [-0.39, 0.29) is 22.6 Å². The van der Waals surface area contributed by atoms with Crippen molar-refractivity contribution >= 4 is 5.69 Å². The molecule has 6 nitrogen and oxygen atoms in total. The lowest BCUT2D eigenvalue weighted by molar-refractivity contribution is -0.385. The molecule has 6 heteroatoms. The Kier molecular flexibility index (Phi) is 6.53. The van der Waals surface area contributed by atoms with E-state index in [9.17, 15) is 15.4 Å². The minimum absolute atomic E-state index is 0.0114. The second-order valence-electron chi connectivity index (χ2n) is 6.86. The number of para-hydroxylation sites is 1. The Morgan fingerprint density at radius 3 is 2.67 bits per heavy atom. The van der Waals surface area contributed by atoms with Gasteiger partial charge in [0.25, 0.3) is 5.69 Å². The molecular weight excluding hydrogens is 342 g/mol. The Labute approximate surface area is 159 Å². The summed E-state index contributed by atoms with van der Waals surface area (Å²) >= 11 is 0. The van der Waals surface area contributed by atoms with Gasteiger partial charge in [-0.3, -0.25) is 15.0 Å². The smallest absolute Gasteiger partial charge is 0.273 e. The van der Waals surface area contributed by atoms with Crippen molar-refractivity contribution in [1.29, 1.82) is 5.26 Å². The average Bonchev–Trinajstić information content (AvgIpc) is 2.70. The summed E-state index contributed by atoms with van der Waals surface area (Å²) in [7, 11) is 0. The summed E-state index contributed by atoms with van der Waals surface area (Å²) in [5, 5.41) is 20.6. The number of ether oxygens (including phenoxy) is 1. The summed E-state index contributed by atoms with van der Waals surface area (Å²) < 4.78 is 5.91. The second-order valence-corrected chi connectivity index (χ2v) is 6.86. The zero-order chi connectivity index (χ0) is 19.1. The molecule has 2 aromatic rings. The van der Waals surface area contributed by atoms with Crippen LogP contribution in [0, 0.1) is 27.4 Å². The number of hydrogen-bond donors (Lipinski definition) is 0. The second kappa shape index (κ2) is 9.26. The van der Waals surface area contributed by atoms with Gasteiger partial charge < -0.3 is 4.74 Å². The van der Waals surface area contributed by atoms with Crippen molar-refractivity contribution in [2.45, 2.75) is 32.0 Å². The summed E-state index contributed by atoms with van der Waals surface area (Å²) in [5.41, 5.74) is 1.95. The maximum atomic E-state index is 11.3. The molecule has 0 bridgehead atoms. The molecular formula is C21H23N3O3. The first-order valence-electron chi connectivity index (χ1n) is 9.15. The fraction of sp³-hybridized carbons (Fsp3) is 0.381. The van der Waals surface area contributed by atoms with E-state index in [0.717, 1.165) is 24.9 Å². The number of hydrogen-bond acceptors (Lipinski definition) is 5. The summed E-state index contributed by atoms with van der Waals surface area (Å²) in [6.07, 6.45) is 1.51. The van der Waals surface area contributed by atoms with Gasteiger partial charge in [0, 0.05) is 36.7 Å². The maximum absolute atomic E-state index is 11.3. The Morgan fingerprint density at radius 1 is 1.19 bits per heavy atom. The number of nitro benzene ring substituents is 1. The molecule has 0 N–H and O–H groups in total. The van der Waals surface area contributed by atoms with Gasteiger partial charge in [0.2, 0.25) is 0 Å². The predicted octanol–water partition coefficient (Wildman–Crippen LogP) is 3.92. The molecule has 0 radical (unpaired) electrons. The fourth-order valence-corrected chi connectivity index (χ4v) is 3.53. The van der Waals surface area contributed by atoms with Crippen LogP contribution in [-0.2, 0) is 17.9 Å². The van der Waals surface area contributed by atoms with E-state index >= 15 is 0 Å². The van der Waals surface area contributed by atoms with Crippen molar-refractivity contribution in [3.63, 3.8) is 0 Å². The quantitative estimate of drug-likeness (QED) is 0.549. The molecule has 1 aliphatic rings. The van der Waals surface area contributed by atoms with E-state index in [1.165, 1.54) is 6.07 Å². The van der Waals surface area contributed by atoms with Crippen LogP contribution >= 0.6 is 0 Å². The highest BCUT2D eigenvalue weighted by atomic mass is 16.6. The summed E-state index contributed by atoms with van der Waals surface area (Å²) in [5.74, 6) is 0.0114. The molecule has 1 saturated heterocycles. The molecule has 2 aromatic carbocycles. The SMILES string of the molecule is N#CC1CCN(Cc2ccccc2[N+](=O)[O-])C(COCc2ccccc2)C1. The number of benzene rings is 2. The van der Waals surface area contributed by atoms with Gasteiger partial charge in [-0.25, -0.2) is 0 Å². The lowest BCUT2D eigenvalue weighted by atomic mass is 9.92. The van der Waals surface area contributed by atoms with Gasteiger partial charge >= 0.3 is 0 Å². The number of nitrogens with zero attached hydrogens (tertiary/aromatic N) is 3. The third-order valence-electron chi connectivity index (χ3n) is 5.00. The van der Waals surface area contributed by atoms with Crippen molar-refractivity contribution in [1.82, 2.24) is 4.90 Å². The van der Waals surface area contributed by atoms with Gasteiger partial charge in [-0.15, -0.1) is 0 Å². The molecule has 27 heavy (non-hydrogen) atoms. The lowest BCUT2D eigenvalue weighted by Gasteiger charge is -2.37. The van der Waals surface area contributed by atoms with Crippen LogP contribution in [0.2, 0.25) is 0 Å². The number of rotatable bonds is 7. The van der Waals surface area contributed by atoms with Gasteiger partial charge in [-0.05, 0) is 18.4 Å². The lowest BCUT2D eigenvalue weighted by Crippen LogP contribution is -2.44. The zero-order valence-electron chi connectivity index (χ0n) is 15.2. The molecule has 1 aliphatic heterocycles. The highest BCUT2D eigenvalue weighted by Crippen LogP contribution is 2.27. The normalized spacial score (nSPS) is 20.1. The van der Waals surface area contributed by atoms with E-state index in [1.807, 2.05) is 36.4 Å². The van der Waals surface area contributed by atoms with E-state index in [4.69, 9.17) is 4.74 Å². The van der Waals surface area contributed by atoms with Crippen molar-refractivity contribution in [2.24, 2.45) is 5.92 Å². The minimum atomic E-state index is -0.335. The van der Waals surface area contributed by atoms with Gasteiger partial charge in [-0.1, -0.05) is 48.5 Å². The van der Waals surface area contributed by atoms with Gasteiger partial charge in [0.05, 0.1) is 24.2 Å². The standard InChI is InChI=1S/C21H23N3O3/c22-13-18-10-11-23(14-19-8-4-5-9-21(19)24(25)26)20(12-18)16-27-15-17-6-2-1-3-7-17/h1-9,18,20H,10-12,14-16H2. The largest absolute Gasteiger partial charge is 0.375 e. The van der Waals surface area contributed by atoms with Crippen LogP contribution < -0.4 is 0 Å². The Morgan fingerprint density at radius 2 is 1.93 bits per heavy atom. The molecule has 1 fully saturated rings. The van der Waals surface area contributed by atoms with Crippen LogP contribution in [0.3, 0.4) is 0 Å². The predicted molar refractivity (Wildman–Crippen MR) is 102 cm³/mol. The van der Waals surface area contributed by atoms with E-state index < -0.39 is 0 Å². The zero-order valence-corrected chi connectivity index (χ0v) is 15.2. The van der Waals surface area contributed by atoms with Crippen molar-refractivity contribution in [3.8, 4) is 6.07 Å². The topological polar surface area (TPSA) is 79.4 Å². The molecule has 3 rings (SSSR count). The monoisotopic (exact) mass is 365 g/mol. The first kappa shape index (κ1) is 19.0. The fourth-order valence-electron chi connectivity index (χ4n) is 3.53. The Balaban J connectivity index is 1.66. The van der Waals surface area contributed by atoms with E-state index in [1.54, 1.807) is 12.1 Å². The van der Waals surface area contributed by atoms with Crippen molar-refractivity contribution < 1.29 is 9.66 Å². The Bertz CT molecular complexity index is 804. The van der Waals surface area contributed by atoms with Crippen LogP contribution in [0.5, 0.6) is 0 Å². The van der Waals surface area contributed by atoms with Gasteiger partial charge in [-0.2, -0.15) is 5.26 Å². The first-order chi connectivity index (χ1) is 13.2. The molecule has 140 valence electrons. The molecule has 0 aliphatic carbocycles. The average molecular weight is 365 g/mol. The Hall–Kier alpha value is -2.75. The molecule has 0 saturated carbocycles. The minimum Gasteiger partial charge on any atom is -0.375 e. The number of nitriles is 1. The number of nitro groups is 1. The van der Waals surface area contributed by atoms with Crippen LogP contribution in [-0.4, -0.2) is 29.0 Å². The molecule has 2 unspecified atom stereocenters. The van der Waals surface area contributed by atoms with Crippen LogP contribution in [0.15, 0.2) is 54.6 Å². The number of piperidine rings is 1. The molecule has 0 aromatic heterocycles. The molecule has 0 amide bonds. The van der Waals surface area contributed by atoms with Crippen LogP contribution in [0.4, 0.5) is 5.69 Å². The number of likely N-dealkylation sites (tertiary alicyclic amines) is 1. The van der Waals surface area contributed by atoms with Crippen LogP contribution in [0.1, 0.15) is 24.0 Å². The highest BCUT2D eigenvalue weighted by molar-refractivity contribution is 5.39. The summed E-state index contributed by atoms with van der Waals surface area (Å²) in [4.78, 5) is 13.2. The first-order valence-corrected chi connectivity index (χ1v) is 9.15. The van der Waals surface area contributed by atoms with Gasteiger partial charge in [0.1, 0.15) is 0 Å². The van der Waals surface area contributed by atoms with Crippen molar-refractivity contribution in [3.05, 3.63) is 75.8 Å². The van der Waals surface area contributed by atoms with E-state index in [2.05, 4.69) is 11.0 Å². The third-order valence-corrected chi connectivity index (χ3v) is 5.00.